The highest BCUT2D eigenvalue weighted by Crippen LogP contribution is 2.34. The number of hydrogen-bond acceptors (Lipinski definition) is 5. The Morgan fingerprint density at radius 3 is 2.64 bits per heavy atom. The molecule has 7 nitrogen and oxygen atoms in total. The van der Waals surface area contributed by atoms with Crippen molar-refractivity contribution >= 4 is 15.9 Å². The number of benzene rings is 1. The standard InChI is InChI=1S/C14H18N2O5S/c1-11(17)15-5-2-6-16(8-7-15)22(18,19)12-3-4-13-14(9-12)21-10-20-13/h3-4,9H,2,5-8,10H2,1H3. The van der Waals surface area contributed by atoms with Crippen LogP contribution in [-0.2, 0) is 14.8 Å². The summed E-state index contributed by atoms with van der Waals surface area (Å²) < 4.78 is 37.3. The van der Waals surface area contributed by atoms with Crippen molar-refractivity contribution in [2.24, 2.45) is 0 Å². The summed E-state index contributed by atoms with van der Waals surface area (Å²) in [5.74, 6) is 0.973. The van der Waals surface area contributed by atoms with Gasteiger partial charge in [0.05, 0.1) is 4.90 Å². The Hall–Kier alpha value is -1.80. The highest BCUT2D eigenvalue weighted by atomic mass is 32.2. The number of carbonyl (C=O) groups excluding carboxylic acids is 1. The molecule has 2 heterocycles. The smallest absolute Gasteiger partial charge is 0.243 e. The van der Waals surface area contributed by atoms with E-state index in [0.29, 0.717) is 44.1 Å². The Kier molecular flexibility index (Phi) is 3.96. The quantitative estimate of drug-likeness (QED) is 0.798. The minimum atomic E-state index is -3.60. The molecule has 22 heavy (non-hydrogen) atoms. The molecule has 1 aromatic rings. The Balaban J connectivity index is 1.82. The summed E-state index contributed by atoms with van der Waals surface area (Å²) >= 11 is 0. The van der Waals surface area contributed by atoms with Crippen molar-refractivity contribution in [2.75, 3.05) is 33.0 Å². The maximum Gasteiger partial charge on any atom is 0.243 e. The number of ether oxygens (including phenoxy) is 2. The third-order valence-electron chi connectivity index (χ3n) is 3.88. The van der Waals surface area contributed by atoms with Gasteiger partial charge in [0, 0.05) is 39.2 Å². The number of hydrogen-bond donors (Lipinski definition) is 0. The molecule has 120 valence electrons. The van der Waals surface area contributed by atoms with Crippen LogP contribution in [0.4, 0.5) is 0 Å². The lowest BCUT2D eigenvalue weighted by atomic mass is 10.3. The molecule has 0 N–H and O–H groups in total. The molecule has 0 aromatic heterocycles. The SMILES string of the molecule is CC(=O)N1CCCN(S(=O)(=O)c2ccc3c(c2)OCO3)CC1. The van der Waals surface area contributed by atoms with Gasteiger partial charge in [-0.2, -0.15) is 4.31 Å². The van der Waals surface area contributed by atoms with E-state index in [0.717, 1.165) is 0 Å². The molecule has 0 unspecified atom stereocenters. The zero-order valence-electron chi connectivity index (χ0n) is 12.3. The van der Waals surface area contributed by atoms with E-state index in [-0.39, 0.29) is 17.6 Å². The highest BCUT2D eigenvalue weighted by Gasteiger charge is 2.29. The number of fused-ring (bicyclic) bond motifs is 1. The zero-order valence-corrected chi connectivity index (χ0v) is 13.1. The van der Waals surface area contributed by atoms with Gasteiger partial charge in [0.1, 0.15) is 0 Å². The van der Waals surface area contributed by atoms with Crippen molar-refractivity contribution in [1.82, 2.24) is 9.21 Å². The van der Waals surface area contributed by atoms with Gasteiger partial charge in [-0.05, 0) is 18.6 Å². The zero-order chi connectivity index (χ0) is 15.7. The van der Waals surface area contributed by atoms with E-state index in [9.17, 15) is 13.2 Å². The molecule has 0 spiro atoms. The molecule has 0 radical (unpaired) electrons. The molecule has 0 saturated carbocycles. The Labute approximate surface area is 129 Å². The first-order valence-corrected chi connectivity index (χ1v) is 8.58. The predicted octanol–water partition coefficient (Wildman–Crippen LogP) is 0.658. The third-order valence-corrected chi connectivity index (χ3v) is 5.78. The number of rotatable bonds is 2. The third kappa shape index (κ3) is 2.76. The molecule has 1 aromatic carbocycles. The molecule has 0 atom stereocenters. The average Bonchev–Trinajstić information content (AvgIpc) is 2.80. The van der Waals surface area contributed by atoms with Crippen molar-refractivity contribution < 1.29 is 22.7 Å². The lowest BCUT2D eigenvalue weighted by Gasteiger charge is -2.21. The van der Waals surface area contributed by atoms with Gasteiger partial charge >= 0.3 is 0 Å². The minimum Gasteiger partial charge on any atom is -0.454 e. The molecule has 0 bridgehead atoms. The molecule has 1 amide bonds. The Morgan fingerprint density at radius 2 is 1.86 bits per heavy atom. The first kappa shape index (κ1) is 15.1. The predicted molar refractivity (Wildman–Crippen MR) is 78.2 cm³/mol. The van der Waals surface area contributed by atoms with E-state index in [4.69, 9.17) is 9.47 Å². The number of sulfonamides is 1. The van der Waals surface area contributed by atoms with E-state index < -0.39 is 10.0 Å². The van der Waals surface area contributed by atoms with Crippen LogP contribution in [0.15, 0.2) is 23.1 Å². The molecule has 3 rings (SSSR count). The van der Waals surface area contributed by atoms with E-state index >= 15 is 0 Å². The van der Waals surface area contributed by atoms with Crippen LogP contribution in [0.25, 0.3) is 0 Å². The van der Waals surface area contributed by atoms with Gasteiger partial charge in [0.25, 0.3) is 0 Å². The molecular formula is C14H18N2O5S. The molecule has 0 aliphatic carbocycles. The fourth-order valence-electron chi connectivity index (χ4n) is 2.64. The molecule has 2 aliphatic heterocycles. The topological polar surface area (TPSA) is 76.2 Å². The summed E-state index contributed by atoms with van der Waals surface area (Å²) in [5.41, 5.74) is 0. The van der Waals surface area contributed by atoms with Crippen LogP contribution in [0, 0.1) is 0 Å². The van der Waals surface area contributed by atoms with Crippen LogP contribution in [0.3, 0.4) is 0 Å². The van der Waals surface area contributed by atoms with E-state index in [1.807, 2.05) is 0 Å². The molecular weight excluding hydrogens is 308 g/mol. The van der Waals surface area contributed by atoms with Crippen molar-refractivity contribution in [2.45, 2.75) is 18.2 Å². The summed E-state index contributed by atoms with van der Waals surface area (Å²) in [7, 11) is -3.60. The summed E-state index contributed by atoms with van der Waals surface area (Å²) in [6, 6.07) is 4.62. The fraction of sp³-hybridized carbons (Fsp3) is 0.500. The van der Waals surface area contributed by atoms with Crippen molar-refractivity contribution in [1.29, 1.82) is 0 Å². The van der Waals surface area contributed by atoms with Crippen LogP contribution < -0.4 is 9.47 Å². The summed E-state index contributed by atoms with van der Waals surface area (Å²) in [6.45, 7) is 3.32. The second-order valence-corrected chi connectivity index (χ2v) is 7.22. The van der Waals surface area contributed by atoms with Crippen molar-refractivity contribution in [3.8, 4) is 11.5 Å². The largest absolute Gasteiger partial charge is 0.454 e. The molecule has 1 fully saturated rings. The van der Waals surface area contributed by atoms with Gasteiger partial charge in [-0.1, -0.05) is 0 Å². The lowest BCUT2D eigenvalue weighted by molar-refractivity contribution is -0.128. The van der Waals surface area contributed by atoms with E-state index in [2.05, 4.69) is 0 Å². The Morgan fingerprint density at radius 1 is 1.09 bits per heavy atom. The van der Waals surface area contributed by atoms with Gasteiger partial charge in [0.15, 0.2) is 11.5 Å². The first-order valence-electron chi connectivity index (χ1n) is 7.14. The maximum atomic E-state index is 12.7. The van der Waals surface area contributed by atoms with Crippen LogP contribution in [0.1, 0.15) is 13.3 Å². The molecule has 1 saturated heterocycles. The van der Waals surface area contributed by atoms with Crippen LogP contribution >= 0.6 is 0 Å². The minimum absolute atomic E-state index is 0.0256. The summed E-state index contributed by atoms with van der Waals surface area (Å²) in [5, 5.41) is 0. The lowest BCUT2D eigenvalue weighted by Crippen LogP contribution is -2.36. The normalized spacial score (nSPS) is 19.0. The van der Waals surface area contributed by atoms with Gasteiger partial charge in [-0.3, -0.25) is 4.79 Å². The van der Waals surface area contributed by atoms with Crippen LogP contribution in [0.2, 0.25) is 0 Å². The maximum absolute atomic E-state index is 12.7. The molecule has 2 aliphatic rings. The summed E-state index contributed by atoms with van der Waals surface area (Å²) in [6.07, 6.45) is 0.628. The Bertz CT molecular complexity index is 688. The van der Waals surface area contributed by atoms with Crippen molar-refractivity contribution in [3.63, 3.8) is 0 Å². The fourth-order valence-corrected chi connectivity index (χ4v) is 4.12. The van der Waals surface area contributed by atoms with Gasteiger partial charge in [-0.15, -0.1) is 0 Å². The number of nitrogens with zero attached hydrogens (tertiary/aromatic N) is 2. The highest BCUT2D eigenvalue weighted by molar-refractivity contribution is 7.89. The second kappa shape index (κ2) is 5.77. The van der Waals surface area contributed by atoms with Crippen molar-refractivity contribution in [3.05, 3.63) is 18.2 Å². The number of amides is 1. The second-order valence-electron chi connectivity index (χ2n) is 5.28. The van der Waals surface area contributed by atoms with Crippen LogP contribution in [-0.4, -0.2) is 56.5 Å². The van der Waals surface area contributed by atoms with E-state index in [1.165, 1.54) is 23.4 Å². The number of carbonyl (C=O) groups is 1. The van der Waals surface area contributed by atoms with E-state index in [1.54, 1.807) is 11.0 Å². The molecule has 8 heteroatoms. The van der Waals surface area contributed by atoms with Gasteiger partial charge in [0.2, 0.25) is 22.7 Å². The van der Waals surface area contributed by atoms with Crippen LogP contribution in [0.5, 0.6) is 11.5 Å². The average molecular weight is 326 g/mol. The van der Waals surface area contributed by atoms with Gasteiger partial charge < -0.3 is 14.4 Å². The first-order chi connectivity index (χ1) is 10.5. The van der Waals surface area contributed by atoms with Gasteiger partial charge in [-0.25, -0.2) is 8.42 Å². The summed E-state index contributed by atoms with van der Waals surface area (Å²) in [4.78, 5) is 13.3. The monoisotopic (exact) mass is 326 g/mol.